The SMILES string of the molecule is O=S(=O)(O)c1cccc(-c2cc(-c3nc(-c4ccc(Cl)cc4)cc(C(F)(F)F)n3)ccn2)c1. The van der Waals surface area contributed by atoms with Crippen molar-refractivity contribution < 1.29 is 26.1 Å². The van der Waals surface area contributed by atoms with E-state index < -0.39 is 22.0 Å². The number of aromatic nitrogens is 3. The highest BCUT2D eigenvalue weighted by molar-refractivity contribution is 7.85. The van der Waals surface area contributed by atoms with Gasteiger partial charge in [-0.1, -0.05) is 35.9 Å². The molecule has 0 radical (unpaired) electrons. The predicted octanol–water partition coefficient (Wildman–Crippen LogP) is 5.79. The minimum Gasteiger partial charge on any atom is -0.282 e. The summed E-state index contributed by atoms with van der Waals surface area (Å²) in [6.07, 6.45) is -3.37. The number of halogens is 4. The van der Waals surface area contributed by atoms with Crippen LogP contribution in [0.4, 0.5) is 13.2 Å². The number of benzene rings is 2. The number of hydrogen-bond acceptors (Lipinski definition) is 5. The molecule has 0 atom stereocenters. The third-order valence-corrected chi connectivity index (χ3v) is 5.70. The van der Waals surface area contributed by atoms with Gasteiger partial charge in [0.2, 0.25) is 0 Å². The second-order valence-electron chi connectivity index (χ2n) is 6.90. The molecule has 168 valence electrons. The van der Waals surface area contributed by atoms with Crippen LogP contribution in [0.25, 0.3) is 33.9 Å². The van der Waals surface area contributed by atoms with E-state index in [1.165, 1.54) is 36.5 Å². The zero-order valence-corrected chi connectivity index (χ0v) is 18.0. The zero-order chi connectivity index (χ0) is 23.8. The van der Waals surface area contributed by atoms with Gasteiger partial charge in [0.15, 0.2) is 5.82 Å². The van der Waals surface area contributed by atoms with Gasteiger partial charge in [-0.05, 0) is 42.5 Å². The lowest BCUT2D eigenvalue weighted by atomic mass is 10.1. The van der Waals surface area contributed by atoms with Crippen molar-refractivity contribution in [3.63, 3.8) is 0 Å². The minimum atomic E-state index is -4.71. The third-order valence-electron chi connectivity index (χ3n) is 4.60. The molecule has 0 aliphatic heterocycles. The summed E-state index contributed by atoms with van der Waals surface area (Å²) in [5.41, 5.74) is 0.172. The van der Waals surface area contributed by atoms with Crippen molar-refractivity contribution in [2.24, 2.45) is 0 Å². The van der Waals surface area contributed by atoms with Crippen LogP contribution in [-0.4, -0.2) is 27.9 Å². The maximum atomic E-state index is 13.5. The highest BCUT2D eigenvalue weighted by Gasteiger charge is 2.34. The Balaban J connectivity index is 1.84. The van der Waals surface area contributed by atoms with Gasteiger partial charge in [-0.25, -0.2) is 9.97 Å². The lowest BCUT2D eigenvalue weighted by Crippen LogP contribution is -2.10. The topological polar surface area (TPSA) is 93.0 Å². The Morgan fingerprint density at radius 3 is 2.21 bits per heavy atom. The second kappa shape index (κ2) is 8.54. The van der Waals surface area contributed by atoms with Crippen LogP contribution in [0.3, 0.4) is 0 Å². The lowest BCUT2D eigenvalue weighted by Gasteiger charge is -2.12. The third kappa shape index (κ3) is 5.19. The van der Waals surface area contributed by atoms with Crippen molar-refractivity contribution in [2.75, 3.05) is 0 Å². The molecular formula is C22H13ClF3N3O3S. The van der Waals surface area contributed by atoms with Crippen LogP contribution in [-0.2, 0) is 16.3 Å². The Labute approximate surface area is 191 Å². The number of hydrogen-bond donors (Lipinski definition) is 1. The molecule has 0 amide bonds. The second-order valence-corrected chi connectivity index (χ2v) is 8.76. The standard InChI is InChI=1S/C22H13ClF3N3O3S/c23-16-6-4-13(5-7-16)19-12-20(22(24,25)26)29-21(28-19)15-8-9-27-18(11-15)14-2-1-3-17(10-14)33(30,31)32/h1-12H,(H,30,31,32). The molecule has 2 heterocycles. The quantitative estimate of drug-likeness (QED) is 0.363. The van der Waals surface area contributed by atoms with Crippen molar-refractivity contribution in [2.45, 2.75) is 11.1 Å². The van der Waals surface area contributed by atoms with E-state index in [1.807, 2.05) is 0 Å². The first kappa shape index (κ1) is 22.8. The fraction of sp³-hybridized carbons (Fsp3) is 0.0455. The van der Waals surface area contributed by atoms with Crippen LogP contribution in [0, 0.1) is 0 Å². The van der Waals surface area contributed by atoms with Crippen LogP contribution in [0.15, 0.2) is 77.8 Å². The van der Waals surface area contributed by atoms with Crippen LogP contribution < -0.4 is 0 Å². The van der Waals surface area contributed by atoms with E-state index in [1.54, 1.807) is 30.3 Å². The molecule has 33 heavy (non-hydrogen) atoms. The van der Waals surface area contributed by atoms with E-state index in [4.69, 9.17) is 11.6 Å². The van der Waals surface area contributed by atoms with E-state index in [-0.39, 0.29) is 27.7 Å². The molecule has 0 fully saturated rings. The van der Waals surface area contributed by atoms with Gasteiger partial charge in [0.05, 0.1) is 16.3 Å². The van der Waals surface area contributed by atoms with Crippen LogP contribution in [0.1, 0.15) is 5.69 Å². The summed E-state index contributed by atoms with van der Waals surface area (Å²) in [7, 11) is -4.44. The van der Waals surface area contributed by atoms with Gasteiger partial charge < -0.3 is 0 Å². The summed E-state index contributed by atoms with van der Waals surface area (Å²) in [5, 5.41) is 0.426. The van der Waals surface area contributed by atoms with Gasteiger partial charge in [0.25, 0.3) is 10.1 Å². The van der Waals surface area contributed by atoms with Gasteiger partial charge in [-0.3, -0.25) is 9.54 Å². The number of alkyl halides is 3. The monoisotopic (exact) mass is 491 g/mol. The van der Waals surface area contributed by atoms with E-state index >= 15 is 0 Å². The van der Waals surface area contributed by atoms with Gasteiger partial charge in [0, 0.05) is 27.9 Å². The summed E-state index contributed by atoms with van der Waals surface area (Å²) in [6, 6.07) is 15.3. The molecule has 6 nitrogen and oxygen atoms in total. The van der Waals surface area contributed by atoms with Crippen LogP contribution in [0.2, 0.25) is 5.02 Å². The van der Waals surface area contributed by atoms with Crippen LogP contribution in [0.5, 0.6) is 0 Å². The first-order valence-electron chi connectivity index (χ1n) is 9.27. The van der Waals surface area contributed by atoms with Crippen LogP contribution >= 0.6 is 11.6 Å². The molecule has 4 aromatic rings. The largest absolute Gasteiger partial charge is 0.433 e. The van der Waals surface area contributed by atoms with Gasteiger partial charge in [0.1, 0.15) is 5.69 Å². The fourth-order valence-electron chi connectivity index (χ4n) is 3.03. The van der Waals surface area contributed by atoms with Crippen molar-refractivity contribution in [3.8, 4) is 33.9 Å². The average Bonchev–Trinajstić information content (AvgIpc) is 2.78. The molecule has 1 N–H and O–H groups in total. The first-order valence-corrected chi connectivity index (χ1v) is 11.1. The maximum Gasteiger partial charge on any atom is 0.433 e. The summed E-state index contributed by atoms with van der Waals surface area (Å²) < 4.78 is 72.8. The number of nitrogens with zero attached hydrogens (tertiary/aromatic N) is 3. The Morgan fingerprint density at radius 2 is 1.55 bits per heavy atom. The maximum absolute atomic E-state index is 13.5. The molecule has 2 aromatic heterocycles. The Morgan fingerprint density at radius 1 is 0.818 bits per heavy atom. The molecule has 0 bridgehead atoms. The van der Waals surface area contributed by atoms with E-state index in [0.29, 0.717) is 16.1 Å². The molecule has 2 aromatic carbocycles. The van der Waals surface area contributed by atoms with Gasteiger partial charge in [-0.15, -0.1) is 0 Å². The average molecular weight is 492 g/mol. The van der Waals surface area contributed by atoms with Crippen molar-refractivity contribution in [1.82, 2.24) is 15.0 Å². The molecule has 0 spiro atoms. The Bertz CT molecular complexity index is 1440. The molecular weight excluding hydrogens is 479 g/mol. The van der Waals surface area contributed by atoms with Crippen molar-refractivity contribution in [1.29, 1.82) is 0 Å². The summed E-state index contributed by atoms with van der Waals surface area (Å²) in [6.45, 7) is 0. The summed E-state index contributed by atoms with van der Waals surface area (Å²) in [4.78, 5) is 11.8. The minimum absolute atomic E-state index is 0.0516. The first-order chi connectivity index (χ1) is 15.5. The van der Waals surface area contributed by atoms with E-state index in [9.17, 15) is 26.1 Å². The molecule has 0 aliphatic rings. The highest BCUT2D eigenvalue weighted by atomic mass is 35.5. The predicted molar refractivity (Wildman–Crippen MR) is 116 cm³/mol. The summed E-state index contributed by atoms with van der Waals surface area (Å²) >= 11 is 5.87. The molecule has 0 saturated heterocycles. The normalized spacial score (nSPS) is 12.0. The molecule has 0 unspecified atom stereocenters. The van der Waals surface area contributed by atoms with Gasteiger partial charge >= 0.3 is 6.18 Å². The molecule has 4 rings (SSSR count). The molecule has 11 heteroatoms. The molecule has 0 aliphatic carbocycles. The Hall–Kier alpha value is -3.34. The lowest BCUT2D eigenvalue weighted by molar-refractivity contribution is -0.141. The summed E-state index contributed by atoms with van der Waals surface area (Å²) in [5.74, 6) is -0.190. The van der Waals surface area contributed by atoms with E-state index in [0.717, 1.165) is 6.07 Å². The Kier molecular flexibility index (Phi) is 5.91. The number of pyridine rings is 1. The zero-order valence-electron chi connectivity index (χ0n) is 16.5. The van der Waals surface area contributed by atoms with Crippen molar-refractivity contribution >= 4 is 21.7 Å². The molecule has 0 saturated carbocycles. The van der Waals surface area contributed by atoms with Gasteiger partial charge in [-0.2, -0.15) is 21.6 Å². The highest BCUT2D eigenvalue weighted by Crippen LogP contribution is 2.33. The fourth-order valence-corrected chi connectivity index (χ4v) is 3.69. The van der Waals surface area contributed by atoms with Crippen molar-refractivity contribution in [3.05, 3.63) is 83.6 Å². The smallest absolute Gasteiger partial charge is 0.282 e. The van der Waals surface area contributed by atoms with E-state index in [2.05, 4.69) is 15.0 Å². The number of rotatable bonds is 4.